The SMILES string of the molecule is CCc1c(C(=O)O)c(-c2ccc(F)cc2)nn1-c1cccc(C)c1. The molecule has 0 spiro atoms. The first kappa shape index (κ1) is 15.9. The first-order valence-corrected chi connectivity index (χ1v) is 7.69. The Labute approximate surface area is 139 Å². The minimum absolute atomic E-state index is 0.158. The van der Waals surface area contributed by atoms with E-state index in [9.17, 15) is 14.3 Å². The molecule has 1 aromatic heterocycles. The van der Waals surface area contributed by atoms with E-state index in [2.05, 4.69) is 5.10 Å². The van der Waals surface area contributed by atoms with Crippen LogP contribution in [0.4, 0.5) is 4.39 Å². The summed E-state index contributed by atoms with van der Waals surface area (Å²) in [7, 11) is 0. The fraction of sp³-hybridized carbons (Fsp3) is 0.158. The highest BCUT2D eigenvalue weighted by Gasteiger charge is 2.24. The van der Waals surface area contributed by atoms with Crippen LogP contribution in [0.5, 0.6) is 0 Å². The maximum Gasteiger partial charge on any atom is 0.339 e. The summed E-state index contributed by atoms with van der Waals surface area (Å²) in [5, 5.41) is 14.2. The molecule has 4 nitrogen and oxygen atoms in total. The summed E-state index contributed by atoms with van der Waals surface area (Å²) in [4.78, 5) is 11.8. The number of hydrogen-bond acceptors (Lipinski definition) is 2. The van der Waals surface area contributed by atoms with E-state index in [1.165, 1.54) is 12.1 Å². The monoisotopic (exact) mass is 324 g/mol. The van der Waals surface area contributed by atoms with E-state index >= 15 is 0 Å². The number of nitrogens with zero attached hydrogens (tertiary/aromatic N) is 2. The fourth-order valence-electron chi connectivity index (χ4n) is 2.79. The van der Waals surface area contributed by atoms with Crippen molar-refractivity contribution in [1.29, 1.82) is 0 Å². The number of aromatic carboxylic acids is 1. The average molecular weight is 324 g/mol. The van der Waals surface area contributed by atoms with Gasteiger partial charge in [-0.3, -0.25) is 0 Å². The first-order valence-electron chi connectivity index (χ1n) is 7.69. The molecule has 0 saturated carbocycles. The Morgan fingerprint density at radius 3 is 2.50 bits per heavy atom. The van der Waals surface area contributed by atoms with Crippen molar-refractivity contribution in [2.45, 2.75) is 20.3 Å². The molecule has 122 valence electrons. The van der Waals surface area contributed by atoms with Crippen LogP contribution in [-0.2, 0) is 6.42 Å². The van der Waals surface area contributed by atoms with Gasteiger partial charge in [0.2, 0.25) is 0 Å². The van der Waals surface area contributed by atoms with Gasteiger partial charge in [0.15, 0.2) is 0 Å². The highest BCUT2D eigenvalue weighted by molar-refractivity contribution is 5.96. The molecular formula is C19H17FN2O2. The predicted molar refractivity (Wildman–Crippen MR) is 90.0 cm³/mol. The summed E-state index contributed by atoms with van der Waals surface area (Å²) in [6.07, 6.45) is 0.518. The minimum Gasteiger partial charge on any atom is -0.478 e. The van der Waals surface area contributed by atoms with Crippen LogP contribution < -0.4 is 0 Å². The second-order valence-electron chi connectivity index (χ2n) is 5.59. The zero-order valence-electron chi connectivity index (χ0n) is 13.5. The van der Waals surface area contributed by atoms with E-state index in [1.54, 1.807) is 16.8 Å². The molecule has 1 heterocycles. The maximum atomic E-state index is 13.2. The lowest BCUT2D eigenvalue weighted by Crippen LogP contribution is -2.05. The summed E-state index contributed by atoms with van der Waals surface area (Å²) >= 11 is 0. The van der Waals surface area contributed by atoms with Crippen molar-refractivity contribution < 1.29 is 14.3 Å². The van der Waals surface area contributed by atoms with E-state index in [0.29, 0.717) is 23.4 Å². The molecule has 2 aromatic carbocycles. The van der Waals surface area contributed by atoms with E-state index in [-0.39, 0.29) is 11.4 Å². The molecule has 24 heavy (non-hydrogen) atoms. The Bertz CT molecular complexity index is 898. The molecule has 0 amide bonds. The van der Waals surface area contributed by atoms with Gasteiger partial charge in [-0.25, -0.2) is 13.9 Å². The number of carboxylic acids is 1. The lowest BCUT2D eigenvalue weighted by Gasteiger charge is -2.07. The Hall–Kier alpha value is -2.95. The van der Waals surface area contributed by atoms with Gasteiger partial charge < -0.3 is 5.11 Å². The Balaban J connectivity index is 2.26. The lowest BCUT2D eigenvalue weighted by molar-refractivity contribution is 0.0696. The van der Waals surface area contributed by atoms with Crippen molar-refractivity contribution in [3.05, 3.63) is 71.2 Å². The van der Waals surface area contributed by atoms with Crippen molar-refractivity contribution in [1.82, 2.24) is 9.78 Å². The molecule has 0 bridgehead atoms. The summed E-state index contributed by atoms with van der Waals surface area (Å²) in [5.41, 5.74) is 3.57. The van der Waals surface area contributed by atoms with Gasteiger partial charge in [0, 0.05) is 5.56 Å². The van der Waals surface area contributed by atoms with Crippen LogP contribution in [-0.4, -0.2) is 20.9 Å². The summed E-state index contributed by atoms with van der Waals surface area (Å²) in [6, 6.07) is 13.4. The lowest BCUT2D eigenvalue weighted by atomic mass is 10.0. The van der Waals surface area contributed by atoms with Crippen LogP contribution in [0.25, 0.3) is 16.9 Å². The van der Waals surface area contributed by atoms with Crippen LogP contribution >= 0.6 is 0 Å². The zero-order valence-corrected chi connectivity index (χ0v) is 13.5. The van der Waals surface area contributed by atoms with Crippen LogP contribution in [0.1, 0.15) is 28.5 Å². The van der Waals surface area contributed by atoms with Gasteiger partial charge in [0.1, 0.15) is 17.1 Å². The third kappa shape index (κ3) is 2.80. The van der Waals surface area contributed by atoms with E-state index in [4.69, 9.17) is 0 Å². The summed E-state index contributed by atoms with van der Waals surface area (Å²) in [5.74, 6) is -1.41. The van der Waals surface area contributed by atoms with Gasteiger partial charge in [0.25, 0.3) is 0 Å². The van der Waals surface area contributed by atoms with Crippen LogP contribution in [0, 0.1) is 12.7 Å². The van der Waals surface area contributed by atoms with Gasteiger partial charge in [-0.05, 0) is 55.3 Å². The molecule has 0 atom stereocenters. The molecule has 0 aliphatic carbocycles. The standard InChI is InChI=1S/C19H17FN2O2/c1-3-16-17(19(23)24)18(13-7-9-14(20)10-8-13)21-22(16)15-6-4-5-12(2)11-15/h4-11H,3H2,1-2H3,(H,23,24). The van der Waals surface area contributed by atoms with Crippen molar-refractivity contribution in [3.63, 3.8) is 0 Å². The van der Waals surface area contributed by atoms with E-state index in [1.807, 2.05) is 38.1 Å². The van der Waals surface area contributed by atoms with Crippen LogP contribution in [0.2, 0.25) is 0 Å². The quantitative estimate of drug-likeness (QED) is 0.780. The fourth-order valence-corrected chi connectivity index (χ4v) is 2.79. The summed E-state index contributed by atoms with van der Waals surface area (Å²) in [6.45, 7) is 3.86. The number of carboxylic acid groups (broad SMARTS) is 1. The highest BCUT2D eigenvalue weighted by atomic mass is 19.1. The molecule has 5 heteroatoms. The molecular weight excluding hydrogens is 307 g/mol. The largest absolute Gasteiger partial charge is 0.478 e. The normalized spacial score (nSPS) is 10.8. The predicted octanol–water partition coefficient (Wildman–Crippen LogP) is 4.25. The molecule has 0 radical (unpaired) electrons. The number of rotatable bonds is 4. The number of halogens is 1. The third-order valence-electron chi connectivity index (χ3n) is 3.89. The molecule has 0 fully saturated rings. The smallest absolute Gasteiger partial charge is 0.339 e. The van der Waals surface area contributed by atoms with Crippen molar-refractivity contribution >= 4 is 5.97 Å². The van der Waals surface area contributed by atoms with Crippen molar-refractivity contribution in [2.75, 3.05) is 0 Å². The second-order valence-corrected chi connectivity index (χ2v) is 5.59. The number of aromatic nitrogens is 2. The number of aryl methyl sites for hydroxylation is 1. The molecule has 1 N–H and O–H groups in total. The minimum atomic E-state index is -1.04. The highest BCUT2D eigenvalue weighted by Crippen LogP contribution is 2.28. The summed E-state index contributed by atoms with van der Waals surface area (Å²) < 4.78 is 14.8. The Kier molecular flexibility index (Phi) is 4.16. The molecule has 0 aliphatic rings. The van der Waals surface area contributed by atoms with Gasteiger partial charge in [0.05, 0.1) is 11.4 Å². The van der Waals surface area contributed by atoms with Crippen LogP contribution in [0.15, 0.2) is 48.5 Å². The Morgan fingerprint density at radius 2 is 1.92 bits per heavy atom. The van der Waals surface area contributed by atoms with Crippen LogP contribution in [0.3, 0.4) is 0 Å². The van der Waals surface area contributed by atoms with Gasteiger partial charge in [-0.1, -0.05) is 19.1 Å². The Morgan fingerprint density at radius 1 is 1.21 bits per heavy atom. The number of benzene rings is 2. The molecule has 3 rings (SSSR count). The van der Waals surface area contributed by atoms with Crippen molar-refractivity contribution in [2.24, 2.45) is 0 Å². The van der Waals surface area contributed by atoms with E-state index in [0.717, 1.165) is 11.3 Å². The number of hydrogen-bond donors (Lipinski definition) is 1. The topological polar surface area (TPSA) is 55.1 Å². The van der Waals surface area contributed by atoms with E-state index < -0.39 is 5.97 Å². The average Bonchev–Trinajstić information content (AvgIpc) is 2.95. The molecule has 0 saturated heterocycles. The van der Waals surface area contributed by atoms with Gasteiger partial charge >= 0.3 is 5.97 Å². The molecule has 3 aromatic rings. The van der Waals surface area contributed by atoms with Gasteiger partial charge in [-0.2, -0.15) is 5.10 Å². The molecule has 0 unspecified atom stereocenters. The number of carbonyl (C=O) groups is 1. The van der Waals surface area contributed by atoms with Crippen molar-refractivity contribution in [3.8, 4) is 16.9 Å². The molecule has 0 aliphatic heterocycles. The third-order valence-corrected chi connectivity index (χ3v) is 3.89. The first-order chi connectivity index (χ1) is 11.5. The second kappa shape index (κ2) is 6.28. The maximum absolute atomic E-state index is 13.2. The van der Waals surface area contributed by atoms with Gasteiger partial charge in [-0.15, -0.1) is 0 Å². The zero-order chi connectivity index (χ0) is 17.3.